The lowest BCUT2D eigenvalue weighted by Crippen LogP contribution is -2.29. The van der Waals surface area contributed by atoms with Crippen molar-refractivity contribution in [3.8, 4) is 11.5 Å². The molecule has 1 fully saturated rings. The first-order valence-electron chi connectivity index (χ1n) is 11.5. The van der Waals surface area contributed by atoms with Gasteiger partial charge in [0.1, 0.15) is 0 Å². The van der Waals surface area contributed by atoms with Crippen LogP contribution < -0.4 is 14.4 Å². The fourth-order valence-corrected chi connectivity index (χ4v) is 4.26. The average Bonchev–Trinajstić information content (AvgIpc) is 2.77. The van der Waals surface area contributed by atoms with Crippen LogP contribution in [-0.4, -0.2) is 45.3 Å². The van der Waals surface area contributed by atoms with Gasteiger partial charge in [0.25, 0.3) is 0 Å². The van der Waals surface area contributed by atoms with Crippen molar-refractivity contribution >= 4 is 5.69 Å². The third-order valence-electron chi connectivity index (χ3n) is 6.18. The predicted octanol–water partition coefficient (Wildman–Crippen LogP) is 5.54. The number of nitrogens with zero attached hydrogens (tertiary/aromatic N) is 2. The number of anilines is 1. The third kappa shape index (κ3) is 6.40. The molecule has 2 aromatic carbocycles. The van der Waals surface area contributed by atoms with Gasteiger partial charge >= 0.3 is 0 Å². The van der Waals surface area contributed by atoms with Gasteiger partial charge in [-0.2, -0.15) is 0 Å². The number of ether oxygens (including phenoxy) is 2. The van der Waals surface area contributed by atoms with Crippen LogP contribution in [0.2, 0.25) is 0 Å². The lowest BCUT2D eigenvalue weighted by Gasteiger charge is -2.25. The minimum atomic E-state index is 0.765. The Hall–Kier alpha value is -2.20. The standard InChI is InChI=1S/C26H38N2O2/c1-4-28(24-14-15-25(29-2)26(20-24)30-3)21-23-12-10-22(11-13-23)16-19-27-17-8-6-5-7-9-18-27/h10-15,20H,4-9,16-19,21H2,1-3H3. The quantitative estimate of drug-likeness (QED) is 0.542. The third-order valence-corrected chi connectivity index (χ3v) is 6.18. The van der Waals surface area contributed by atoms with Gasteiger partial charge in [0.15, 0.2) is 11.5 Å². The van der Waals surface area contributed by atoms with Crippen LogP contribution in [0, 0.1) is 0 Å². The van der Waals surface area contributed by atoms with Gasteiger partial charge in [-0.3, -0.25) is 0 Å². The lowest BCUT2D eigenvalue weighted by molar-refractivity contribution is 0.250. The van der Waals surface area contributed by atoms with Gasteiger partial charge in [-0.1, -0.05) is 43.5 Å². The minimum Gasteiger partial charge on any atom is -0.493 e. The van der Waals surface area contributed by atoms with Crippen molar-refractivity contribution in [2.75, 3.05) is 45.3 Å². The van der Waals surface area contributed by atoms with Crippen molar-refractivity contribution in [1.82, 2.24) is 4.90 Å². The number of likely N-dealkylation sites (tertiary alicyclic amines) is 1. The largest absolute Gasteiger partial charge is 0.493 e. The molecule has 0 spiro atoms. The highest BCUT2D eigenvalue weighted by molar-refractivity contribution is 5.56. The maximum absolute atomic E-state index is 5.47. The van der Waals surface area contributed by atoms with Gasteiger partial charge < -0.3 is 19.3 Å². The Balaban J connectivity index is 1.57. The molecule has 1 aliphatic rings. The normalized spacial score (nSPS) is 15.3. The van der Waals surface area contributed by atoms with Crippen molar-refractivity contribution in [3.63, 3.8) is 0 Å². The number of rotatable bonds is 9. The van der Waals surface area contributed by atoms with E-state index in [4.69, 9.17) is 9.47 Å². The van der Waals surface area contributed by atoms with Crippen molar-refractivity contribution in [2.45, 2.75) is 52.0 Å². The van der Waals surface area contributed by atoms with Crippen molar-refractivity contribution < 1.29 is 9.47 Å². The first-order valence-corrected chi connectivity index (χ1v) is 11.5. The predicted molar refractivity (Wildman–Crippen MR) is 126 cm³/mol. The topological polar surface area (TPSA) is 24.9 Å². The molecule has 4 nitrogen and oxygen atoms in total. The fraction of sp³-hybridized carbons (Fsp3) is 0.538. The Morgan fingerprint density at radius 1 is 0.800 bits per heavy atom. The van der Waals surface area contributed by atoms with Crippen molar-refractivity contribution in [3.05, 3.63) is 53.6 Å². The molecule has 0 atom stereocenters. The molecule has 0 bridgehead atoms. The summed E-state index contributed by atoms with van der Waals surface area (Å²) in [6.07, 6.45) is 8.10. The van der Waals surface area contributed by atoms with Crippen molar-refractivity contribution in [2.24, 2.45) is 0 Å². The molecule has 0 N–H and O–H groups in total. The second kappa shape index (κ2) is 11.8. The highest BCUT2D eigenvalue weighted by Gasteiger charge is 2.11. The van der Waals surface area contributed by atoms with Crippen LogP contribution in [-0.2, 0) is 13.0 Å². The Kier molecular flexibility index (Phi) is 8.88. The summed E-state index contributed by atoms with van der Waals surface area (Å²) in [5.74, 6) is 1.54. The summed E-state index contributed by atoms with van der Waals surface area (Å²) in [6, 6.07) is 15.3. The SMILES string of the molecule is CCN(Cc1ccc(CCN2CCCCCCC2)cc1)c1ccc(OC)c(OC)c1. The average molecular weight is 411 g/mol. The van der Waals surface area contributed by atoms with E-state index in [2.05, 4.69) is 53.1 Å². The first-order chi connectivity index (χ1) is 14.7. The van der Waals surface area contributed by atoms with Gasteiger partial charge in [-0.05, 0) is 62.5 Å². The molecule has 0 aromatic heterocycles. The Morgan fingerprint density at radius 2 is 1.43 bits per heavy atom. The van der Waals surface area contributed by atoms with Crippen LogP contribution >= 0.6 is 0 Å². The second-order valence-corrected chi connectivity index (χ2v) is 8.23. The van der Waals surface area contributed by atoms with E-state index in [1.165, 1.54) is 62.9 Å². The molecule has 4 heteroatoms. The molecule has 1 heterocycles. The molecule has 0 aliphatic carbocycles. The molecule has 1 saturated heterocycles. The Bertz CT molecular complexity index is 752. The monoisotopic (exact) mass is 410 g/mol. The Morgan fingerprint density at radius 3 is 2.07 bits per heavy atom. The summed E-state index contributed by atoms with van der Waals surface area (Å²) in [4.78, 5) is 5.01. The second-order valence-electron chi connectivity index (χ2n) is 8.23. The van der Waals surface area contributed by atoms with E-state index < -0.39 is 0 Å². The van der Waals surface area contributed by atoms with Crippen molar-refractivity contribution in [1.29, 1.82) is 0 Å². The molecule has 1 aliphatic heterocycles. The molecule has 0 unspecified atom stereocenters. The minimum absolute atomic E-state index is 0.765. The summed E-state index contributed by atoms with van der Waals surface area (Å²) in [5, 5.41) is 0. The van der Waals surface area contributed by atoms with E-state index in [9.17, 15) is 0 Å². The first kappa shape index (κ1) is 22.5. The highest BCUT2D eigenvalue weighted by Crippen LogP contribution is 2.32. The molecule has 0 amide bonds. The molecule has 3 rings (SSSR count). The summed E-state index contributed by atoms with van der Waals surface area (Å²) in [7, 11) is 3.36. The molecule has 0 radical (unpaired) electrons. The number of methoxy groups -OCH3 is 2. The van der Waals surface area contributed by atoms with E-state index in [1.54, 1.807) is 14.2 Å². The smallest absolute Gasteiger partial charge is 0.162 e. The van der Waals surface area contributed by atoms with E-state index in [0.29, 0.717) is 0 Å². The molecule has 2 aromatic rings. The summed E-state index contributed by atoms with van der Waals surface area (Å²) < 4.78 is 10.8. The lowest BCUT2D eigenvalue weighted by atomic mass is 10.1. The van der Waals surface area contributed by atoms with Crippen LogP contribution in [0.3, 0.4) is 0 Å². The van der Waals surface area contributed by atoms with Gasteiger partial charge in [0.05, 0.1) is 14.2 Å². The molecule has 0 saturated carbocycles. The van der Waals surface area contributed by atoms with Crippen LogP contribution in [0.1, 0.15) is 50.2 Å². The molecular weight excluding hydrogens is 372 g/mol. The maximum Gasteiger partial charge on any atom is 0.162 e. The van der Waals surface area contributed by atoms with E-state index in [0.717, 1.165) is 36.7 Å². The van der Waals surface area contributed by atoms with E-state index in [-0.39, 0.29) is 0 Å². The molecule has 164 valence electrons. The summed E-state index contributed by atoms with van der Waals surface area (Å²) in [6.45, 7) is 7.74. The van der Waals surface area contributed by atoms with Crippen LogP contribution in [0.15, 0.2) is 42.5 Å². The summed E-state index contributed by atoms with van der Waals surface area (Å²) >= 11 is 0. The maximum atomic E-state index is 5.47. The number of hydrogen-bond donors (Lipinski definition) is 0. The summed E-state index contributed by atoms with van der Waals surface area (Å²) in [5.41, 5.74) is 3.92. The van der Waals surface area contributed by atoms with Gasteiger partial charge in [-0.15, -0.1) is 0 Å². The van der Waals surface area contributed by atoms with Crippen LogP contribution in [0.5, 0.6) is 11.5 Å². The van der Waals surface area contributed by atoms with Gasteiger partial charge in [-0.25, -0.2) is 0 Å². The van der Waals surface area contributed by atoms with Gasteiger partial charge in [0.2, 0.25) is 0 Å². The van der Waals surface area contributed by atoms with Crippen LogP contribution in [0.4, 0.5) is 5.69 Å². The molecule has 30 heavy (non-hydrogen) atoms. The Labute approximate surface area is 182 Å². The fourth-order valence-electron chi connectivity index (χ4n) is 4.26. The highest BCUT2D eigenvalue weighted by atomic mass is 16.5. The van der Waals surface area contributed by atoms with E-state index >= 15 is 0 Å². The van der Waals surface area contributed by atoms with Gasteiger partial charge in [0, 0.05) is 31.4 Å². The number of hydrogen-bond acceptors (Lipinski definition) is 4. The zero-order valence-electron chi connectivity index (χ0n) is 19.0. The van der Waals surface area contributed by atoms with E-state index in [1.807, 2.05) is 6.07 Å². The molecular formula is C26H38N2O2. The van der Waals surface area contributed by atoms with Crippen LogP contribution in [0.25, 0.3) is 0 Å². The zero-order chi connectivity index (χ0) is 21.2. The number of benzene rings is 2. The zero-order valence-corrected chi connectivity index (χ0v) is 19.0.